The summed E-state index contributed by atoms with van der Waals surface area (Å²) in [6, 6.07) is 7.72. The van der Waals surface area contributed by atoms with Crippen molar-refractivity contribution in [3.05, 3.63) is 40.3 Å². The summed E-state index contributed by atoms with van der Waals surface area (Å²) in [6.45, 7) is 4.04. The number of anilines is 1. The van der Waals surface area contributed by atoms with Crippen LogP contribution in [0.25, 0.3) is 0 Å². The number of amides is 1. The van der Waals surface area contributed by atoms with E-state index in [2.05, 4.69) is 10.2 Å². The predicted octanol–water partition coefficient (Wildman–Crippen LogP) is 3.01. The number of aryl methyl sites for hydroxylation is 1. The van der Waals surface area contributed by atoms with Crippen molar-refractivity contribution in [3.63, 3.8) is 0 Å². The van der Waals surface area contributed by atoms with Crippen LogP contribution in [-0.4, -0.2) is 21.5 Å². The second kappa shape index (κ2) is 6.12. The molecule has 2 aromatic rings. The SMILES string of the molecule is Cc1ccccc1N(Cc1nncs1)C(=O)C(C)Cl. The van der Waals surface area contributed by atoms with Crippen LogP contribution in [0.15, 0.2) is 29.8 Å². The molecule has 1 aromatic heterocycles. The minimum atomic E-state index is -0.576. The highest BCUT2D eigenvalue weighted by atomic mass is 35.5. The zero-order valence-corrected chi connectivity index (χ0v) is 12.3. The molecule has 19 heavy (non-hydrogen) atoms. The number of benzene rings is 1. The highest BCUT2D eigenvalue weighted by Gasteiger charge is 2.22. The predicted molar refractivity (Wildman–Crippen MR) is 77.6 cm³/mol. The first-order chi connectivity index (χ1) is 9.09. The Labute approximate surface area is 121 Å². The Balaban J connectivity index is 2.34. The second-order valence-electron chi connectivity index (χ2n) is 4.16. The van der Waals surface area contributed by atoms with Crippen molar-refractivity contribution in [2.24, 2.45) is 0 Å². The maximum Gasteiger partial charge on any atom is 0.245 e. The van der Waals surface area contributed by atoms with Crippen LogP contribution < -0.4 is 4.90 Å². The molecule has 1 aromatic carbocycles. The lowest BCUT2D eigenvalue weighted by Crippen LogP contribution is -2.35. The van der Waals surface area contributed by atoms with Gasteiger partial charge < -0.3 is 4.90 Å². The number of rotatable bonds is 4. The molecule has 1 unspecified atom stereocenters. The van der Waals surface area contributed by atoms with E-state index in [1.165, 1.54) is 11.3 Å². The fourth-order valence-corrected chi connectivity index (χ4v) is 2.39. The number of carbonyl (C=O) groups excluding carboxylic acids is 1. The van der Waals surface area contributed by atoms with Gasteiger partial charge >= 0.3 is 0 Å². The Morgan fingerprint density at radius 2 is 2.21 bits per heavy atom. The summed E-state index contributed by atoms with van der Waals surface area (Å²) in [6.07, 6.45) is 0. The van der Waals surface area contributed by atoms with Crippen LogP contribution in [0.5, 0.6) is 0 Å². The molecule has 100 valence electrons. The van der Waals surface area contributed by atoms with Gasteiger partial charge in [-0.3, -0.25) is 4.79 Å². The molecule has 0 saturated carbocycles. The number of nitrogens with zero attached hydrogens (tertiary/aromatic N) is 3. The lowest BCUT2D eigenvalue weighted by Gasteiger charge is -2.24. The molecule has 0 aliphatic rings. The minimum absolute atomic E-state index is 0.133. The monoisotopic (exact) mass is 295 g/mol. The van der Waals surface area contributed by atoms with Gasteiger partial charge in [-0.2, -0.15) is 0 Å². The summed E-state index contributed by atoms with van der Waals surface area (Å²) in [5.41, 5.74) is 3.54. The molecular weight excluding hydrogens is 282 g/mol. The molecule has 1 heterocycles. The molecular formula is C13H14ClN3OS. The number of halogens is 1. The van der Waals surface area contributed by atoms with Gasteiger partial charge in [0.1, 0.15) is 15.9 Å². The summed E-state index contributed by atoms with van der Waals surface area (Å²) in [7, 11) is 0. The van der Waals surface area contributed by atoms with E-state index >= 15 is 0 Å². The first-order valence-electron chi connectivity index (χ1n) is 5.85. The number of alkyl halides is 1. The van der Waals surface area contributed by atoms with Gasteiger partial charge in [0.05, 0.1) is 6.54 Å². The summed E-state index contributed by atoms with van der Waals surface area (Å²) in [4.78, 5) is 13.9. The molecule has 4 nitrogen and oxygen atoms in total. The van der Waals surface area contributed by atoms with E-state index < -0.39 is 5.38 Å². The lowest BCUT2D eigenvalue weighted by molar-refractivity contribution is -0.118. The fraction of sp³-hybridized carbons (Fsp3) is 0.308. The number of hydrogen-bond acceptors (Lipinski definition) is 4. The molecule has 0 bridgehead atoms. The molecule has 6 heteroatoms. The van der Waals surface area contributed by atoms with Crippen LogP contribution in [0, 0.1) is 6.92 Å². The Hall–Kier alpha value is -1.46. The van der Waals surface area contributed by atoms with Crippen molar-refractivity contribution in [1.82, 2.24) is 10.2 Å². The molecule has 0 radical (unpaired) electrons. The van der Waals surface area contributed by atoms with E-state index in [-0.39, 0.29) is 5.91 Å². The maximum atomic E-state index is 12.3. The maximum absolute atomic E-state index is 12.3. The molecule has 0 aliphatic heterocycles. The Bertz CT molecular complexity index is 557. The van der Waals surface area contributed by atoms with Crippen molar-refractivity contribution >= 4 is 34.5 Å². The molecule has 1 atom stereocenters. The van der Waals surface area contributed by atoms with Gasteiger partial charge in [0.2, 0.25) is 5.91 Å². The van der Waals surface area contributed by atoms with E-state index in [1.807, 2.05) is 31.2 Å². The van der Waals surface area contributed by atoms with E-state index in [1.54, 1.807) is 17.3 Å². The van der Waals surface area contributed by atoms with E-state index in [0.29, 0.717) is 6.54 Å². The van der Waals surface area contributed by atoms with Crippen molar-refractivity contribution in [1.29, 1.82) is 0 Å². The van der Waals surface area contributed by atoms with E-state index in [4.69, 9.17) is 11.6 Å². The second-order valence-corrected chi connectivity index (χ2v) is 5.73. The average molecular weight is 296 g/mol. The highest BCUT2D eigenvalue weighted by Crippen LogP contribution is 2.23. The van der Waals surface area contributed by atoms with Crippen LogP contribution >= 0.6 is 22.9 Å². The van der Waals surface area contributed by atoms with Crippen molar-refractivity contribution in [2.75, 3.05) is 4.90 Å². The summed E-state index contributed by atoms with van der Waals surface area (Å²) < 4.78 is 0. The van der Waals surface area contributed by atoms with Gasteiger partial charge in [0.25, 0.3) is 0 Å². The molecule has 0 fully saturated rings. The van der Waals surface area contributed by atoms with Crippen LogP contribution in [0.3, 0.4) is 0 Å². The van der Waals surface area contributed by atoms with Crippen LogP contribution in [0.4, 0.5) is 5.69 Å². The fourth-order valence-electron chi connectivity index (χ4n) is 1.76. The topological polar surface area (TPSA) is 46.1 Å². The van der Waals surface area contributed by atoms with Crippen LogP contribution in [0.1, 0.15) is 17.5 Å². The summed E-state index contributed by atoms with van der Waals surface area (Å²) in [5.74, 6) is -0.133. The van der Waals surface area contributed by atoms with Gasteiger partial charge in [-0.25, -0.2) is 0 Å². The zero-order chi connectivity index (χ0) is 13.8. The summed E-state index contributed by atoms with van der Waals surface area (Å²) >= 11 is 7.36. The summed E-state index contributed by atoms with van der Waals surface area (Å²) in [5, 5.41) is 7.99. The normalized spacial score (nSPS) is 12.2. The smallest absolute Gasteiger partial charge is 0.245 e. The van der Waals surface area contributed by atoms with Crippen molar-refractivity contribution in [2.45, 2.75) is 25.8 Å². The van der Waals surface area contributed by atoms with Gasteiger partial charge in [-0.1, -0.05) is 18.2 Å². The van der Waals surface area contributed by atoms with E-state index in [9.17, 15) is 4.79 Å². The van der Waals surface area contributed by atoms with Gasteiger partial charge in [0, 0.05) is 5.69 Å². The van der Waals surface area contributed by atoms with Crippen molar-refractivity contribution in [3.8, 4) is 0 Å². The van der Waals surface area contributed by atoms with Crippen molar-refractivity contribution < 1.29 is 4.79 Å². The Morgan fingerprint density at radius 3 is 2.79 bits per heavy atom. The Morgan fingerprint density at radius 1 is 1.47 bits per heavy atom. The largest absolute Gasteiger partial charge is 0.304 e. The number of aromatic nitrogens is 2. The highest BCUT2D eigenvalue weighted by molar-refractivity contribution is 7.09. The van der Waals surface area contributed by atoms with E-state index in [0.717, 1.165) is 16.3 Å². The number of hydrogen-bond donors (Lipinski definition) is 0. The van der Waals surface area contributed by atoms with Crippen LogP contribution in [-0.2, 0) is 11.3 Å². The van der Waals surface area contributed by atoms with Crippen LogP contribution in [0.2, 0.25) is 0 Å². The lowest BCUT2D eigenvalue weighted by atomic mass is 10.1. The third kappa shape index (κ3) is 3.30. The molecule has 0 spiro atoms. The molecule has 0 saturated heterocycles. The quantitative estimate of drug-likeness (QED) is 0.815. The third-order valence-electron chi connectivity index (χ3n) is 2.71. The molecule has 1 amide bonds. The standard InChI is InChI=1S/C13H14ClN3OS/c1-9-5-3-4-6-11(9)17(13(18)10(2)14)7-12-16-15-8-19-12/h3-6,8,10H,7H2,1-2H3. The molecule has 0 aliphatic carbocycles. The number of para-hydroxylation sites is 1. The first-order valence-corrected chi connectivity index (χ1v) is 7.17. The Kier molecular flexibility index (Phi) is 4.50. The third-order valence-corrected chi connectivity index (χ3v) is 3.58. The van der Waals surface area contributed by atoms with Gasteiger partial charge in [-0.15, -0.1) is 33.1 Å². The zero-order valence-electron chi connectivity index (χ0n) is 10.7. The first kappa shape index (κ1) is 14.0. The average Bonchev–Trinajstić information content (AvgIpc) is 2.89. The molecule has 2 rings (SSSR count). The minimum Gasteiger partial charge on any atom is -0.304 e. The number of carbonyl (C=O) groups is 1. The van der Waals surface area contributed by atoms with Gasteiger partial charge in [-0.05, 0) is 25.5 Å². The molecule has 0 N–H and O–H groups in total. The van der Waals surface area contributed by atoms with Gasteiger partial charge in [0.15, 0.2) is 0 Å².